The Hall–Kier alpha value is -4.53. The summed E-state index contributed by atoms with van der Waals surface area (Å²) in [5, 5.41) is 5.23. The van der Waals surface area contributed by atoms with Crippen molar-refractivity contribution in [2.24, 2.45) is 5.73 Å². The van der Waals surface area contributed by atoms with Crippen molar-refractivity contribution in [2.45, 2.75) is 32.4 Å². The van der Waals surface area contributed by atoms with Gasteiger partial charge in [-0.25, -0.2) is 4.79 Å². The van der Waals surface area contributed by atoms with E-state index in [1.54, 1.807) is 36.4 Å². The maximum Gasteiger partial charge on any atom is 0.408 e. The lowest BCUT2D eigenvalue weighted by Gasteiger charge is -2.18. The van der Waals surface area contributed by atoms with Gasteiger partial charge < -0.3 is 30.6 Å². The summed E-state index contributed by atoms with van der Waals surface area (Å²) in [6, 6.07) is 22.1. The van der Waals surface area contributed by atoms with Crippen LogP contribution in [0.4, 0.5) is 10.5 Å². The molecule has 0 saturated heterocycles. The molecular formula is C27H29N3O6. The van der Waals surface area contributed by atoms with E-state index in [2.05, 4.69) is 10.6 Å². The first-order valence-electron chi connectivity index (χ1n) is 11.5. The average Bonchev–Trinajstić information content (AvgIpc) is 2.88. The number of nitrogens with two attached hydrogens (primary N) is 1. The summed E-state index contributed by atoms with van der Waals surface area (Å²) in [6.07, 6.45) is -0.825. The van der Waals surface area contributed by atoms with Crippen molar-refractivity contribution >= 4 is 23.6 Å². The predicted molar refractivity (Wildman–Crippen MR) is 135 cm³/mol. The topological polar surface area (TPSA) is 129 Å². The highest BCUT2D eigenvalue weighted by Gasteiger charge is 2.22. The molecule has 3 amide bonds. The lowest BCUT2D eigenvalue weighted by Crippen LogP contribution is -2.44. The summed E-state index contributed by atoms with van der Waals surface area (Å²) >= 11 is 0. The fourth-order valence-corrected chi connectivity index (χ4v) is 3.20. The number of amides is 3. The molecule has 0 aliphatic heterocycles. The summed E-state index contributed by atoms with van der Waals surface area (Å²) < 4.78 is 16.4. The number of nitrogens with one attached hydrogen (secondary N) is 2. The van der Waals surface area contributed by atoms with Crippen molar-refractivity contribution in [3.63, 3.8) is 0 Å². The standard InChI is InChI=1S/C27H29N3O6/c1-2-34-21-12-14-23(15-13-21)36-22-10-8-20(9-11-22)29-26(32)24(16-17-25(28)31)30-27(33)35-18-19-6-4-3-5-7-19/h3-15,24H,2,16-18H2,1H3,(H2,28,31)(H,29,32)(H,30,33)/t24-/m0/s1. The Kier molecular flexibility index (Phi) is 9.69. The molecular weight excluding hydrogens is 462 g/mol. The molecule has 0 unspecified atom stereocenters. The second-order valence-electron chi connectivity index (χ2n) is 7.78. The number of primary amides is 1. The molecule has 0 heterocycles. The number of hydrogen-bond donors (Lipinski definition) is 3. The van der Waals surface area contributed by atoms with Gasteiger partial charge in [0.15, 0.2) is 0 Å². The number of benzene rings is 3. The molecule has 0 saturated carbocycles. The SMILES string of the molecule is CCOc1ccc(Oc2ccc(NC(=O)[C@H](CCC(N)=O)NC(=O)OCc3ccccc3)cc2)cc1. The molecule has 36 heavy (non-hydrogen) atoms. The van der Waals surface area contributed by atoms with Crippen LogP contribution in [0.2, 0.25) is 0 Å². The Balaban J connectivity index is 1.56. The Bertz CT molecular complexity index is 1130. The fourth-order valence-electron chi connectivity index (χ4n) is 3.20. The monoisotopic (exact) mass is 491 g/mol. The maximum absolute atomic E-state index is 12.8. The third-order valence-corrected chi connectivity index (χ3v) is 4.99. The van der Waals surface area contributed by atoms with Crippen molar-refractivity contribution in [3.05, 3.63) is 84.4 Å². The number of alkyl carbamates (subject to hydrolysis) is 1. The van der Waals surface area contributed by atoms with Crippen molar-refractivity contribution in [2.75, 3.05) is 11.9 Å². The molecule has 0 fully saturated rings. The highest BCUT2D eigenvalue weighted by Crippen LogP contribution is 2.25. The van der Waals surface area contributed by atoms with E-state index in [4.69, 9.17) is 19.9 Å². The van der Waals surface area contributed by atoms with Crippen LogP contribution in [-0.2, 0) is 20.9 Å². The van der Waals surface area contributed by atoms with Crippen molar-refractivity contribution in [1.29, 1.82) is 0 Å². The molecule has 0 radical (unpaired) electrons. The van der Waals surface area contributed by atoms with Gasteiger partial charge in [-0.05, 0) is 67.4 Å². The molecule has 3 aromatic rings. The van der Waals surface area contributed by atoms with E-state index in [0.29, 0.717) is 23.8 Å². The third kappa shape index (κ3) is 8.68. The van der Waals surface area contributed by atoms with Crippen LogP contribution in [0.5, 0.6) is 17.2 Å². The van der Waals surface area contributed by atoms with Crippen LogP contribution < -0.4 is 25.8 Å². The highest BCUT2D eigenvalue weighted by molar-refractivity contribution is 5.96. The van der Waals surface area contributed by atoms with Crippen LogP contribution in [0.25, 0.3) is 0 Å². The zero-order valence-corrected chi connectivity index (χ0v) is 19.9. The Morgan fingerprint density at radius 1 is 0.861 bits per heavy atom. The van der Waals surface area contributed by atoms with E-state index in [9.17, 15) is 14.4 Å². The highest BCUT2D eigenvalue weighted by atomic mass is 16.5. The molecule has 4 N–H and O–H groups in total. The number of hydrogen-bond acceptors (Lipinski definition) is 6. The zero-order valence-electron chi connectivity index (χ0n) is 19.9. The molecule has 9 nitrogen and oxygen atoms in total. The molecule has 3 aromatic carbocycles. The lowest BCUT2D eigenvalue weighted by molar-refractivity contribution is -0.119. The van der Waals surface area contributed by atoms with Crippen LogP contribution in [0.3, 0.4) is 0 Å². The van der Waals surface area contributed by atoms with Gasteiger partial charge in [0, 0.05) is 12.1 Å². The van der Waals surface area contributed by atoms with Gasteiger partial charge in [0.2, 0.25) is 11.8 Å². The molecule has 0 aromatic heterocycles. The lowest BCUT2D eigenvalue weighted by atomic mass is 10.1. The summed E-state index contributed by atoms with van der Waals surface area (Å²) in [5.41, 5.74) is 6.52. The maximum atomic E-state index is 12.8. The quantitative estimate of drug-likeness (QED) is 0.345. The van der Waals surface area contributed by atoms with E-state index in [0.717, 1.165) is 11.3 Å². The van der Waals surface area contributed by atoms with Crippen LogP contribution in [0.15, 0.2) is 78.9 Å². The molecule has 0 spiro atoms. The van der Waals surface area contributed by atoms with Crippen LogP contribution >= 0.6 is 0 Å². The number of rotatable bonds is 12. The fraction of sp³-hybridized carbons (Fsp3) is 0.222. The number of carbonyl (C=O) groups excluding carboxylic acids is 3. The second-order valence-corrected chi connectivity index (χ2v) is 7.78. The molecule has 3 rings (SSSR count). The molecule has 188 valence electrons. The van der Waals surface area contributed by atoms with Crippen molar-refractivity contribution < 1.29 is 28.6 Å². The van der Waals surface area contributed by atoms with Crippen molar-refractivity contribution in [1.82, 2.24) is 5.32 Å². The largest absolute Gasteiger partial charge is 0.494 e. The van der Waals surface area contributed by atoms with E-state index < -0.39 is 23.9 Å². The first-order valence-corrected chi connectivity index (χ1v) is 11.5. The Morgan fingerprint density at radius 2 is 1.47 bits per heavy atom. The number of anilines is 1. The van der Waals surface area contributed by atoms with Gasteiger partial charge in [-0.3, -0.25) is 9.59 Å². The molecule has 9 heteroatoms. The van der Waals surface area contributed by atoms with Crippen LogP contribution in [-0.4, -0.2) is 30.6 Å². The molecule has 0 aliphatic carbocycles. The third-order valence-electron chi connectivity index (χ3n) is 4.99. The Morgan fingerprint density at radius 3 is 2.08 bits per heavy atom. The molecule has 0 aliphatic rings. The van der Waals surface area contributed by atoms with Crippen LogP contribution in [0.1, 0.15) is 25.3 Å². The first-order chi connectivity index (χ1) is 17.4. The minimum Gasteiger partial charge on any atom is -0.494 e. The van der Waals surface area contributed by atoms with Gasteiger partial charge in [0.05, 0.1) is 6.61 Å². The number of carbonyl (C=O) groups is 3. The summed E-state index contributed by atoms with van der Waals surface area (Å²) in [5.74, 6) is 0.882. The van der Waals surface area contributed by atoms with Gasteiger partial charge in [-0.2, -0.15) is 0 Å². The summed E-state index contributed by atoms with van der Waals surface area (Å²) in [7, 11) is 0. The molecule has 0 bridgehead atoms. The van der Waals surface area contributed by atoms with E-state index in [1.165, 1.54) is 0 Å². The van der Waals surface area contributed by atoms with E-state index in [1.807, 2.05) is 49.4 Å². The van der Waals surface area contributed by atoms with Gasteiger partial charge in [0.25, 0.3) is 0 Å². The second kappa shape index (κ2) is 13.4. The van der Waals surface area contributed by atoms with Gasteiger partial charge in [0.1, 0.15) is 29.9 Å². The minimum atomic E-state index is -1.01. The smallest absolute Gasteiger partial charge is 0.408 e. The van der Waals surface area contributed by atoms with Crippen LogP contribution in [0, 0.1) is 0 Å². The van der Waals surface area contributed by atoms with E-state index >= 15 is 0 Å². The van der Waals surface area contributed by atoms with Crippen molar-refractivity contribution in [3.8, 4) is 17.2 Å². The van der Waals surface area contributed by atoms with Gasteiger partial charge >= 0.3 is 6.09 Å². The Labute approximate surface area is 209 Å². The normalized spacial score (nSPS) is 11.1. The summed E-state index contributed by atoms with van der Waals surface area (Å²) in [4.78, 5) is 36.3. The molecule has 1 atom stereocenters. The average molecular weight is 492 g/mol. The van der Waals surface area contributed by atoms with Gasteiger partial charge in [-0.15, -0.1) is 0 Å². The number of ether oxygens (including phenoxy) is 3. The zero-order chi connectivity index (χ0) is 25.8. The predicted octanol–water partition coefficient (Wildman–Crippen LogP) is 4.38. The first kappa shape index (κ1) is 26.1. The van der Waals surface area contributed by atoms with E-state index in [-0.39, 0.29) is 19.4 Å². The minimum absolute atomic E-state index is 0.0283. The summed E-state index contributed by atoms with van der Waals surface area (Å²) in [6.45, 7) is 2.55. The van der Waals surface area contributed by atoms with Gasteiger partial charge in [-0.1, -0.05) is 30.3 Å².